The van der Waals surface area contributed by atoms with Gasteiger partial charge < -0.3 is 9.84 Å². The molecule has 1 fully saturated rings. The summed E-state index contributed by atoms with van der Waals surface area (Å²) in [6.45, 7) is 3.45. The topological polar surface area (TPSA) is 32.7 Å². The highest BCUT2D eigenvalue weighted by molar-refractivity contribution is 5.27. The average Bonchev–Trinajstić information content (AvgIpc) is 2.40. The first-order valence-corrected chi connectivity index (χ1v) is 6.28. The lowest BCUT2D eigenvalue weighted by Crippen LogP contribution is -2.36. The molecular formula is C14H21NO2. The van der Waals surface area contributed by atoms with Crippen molar-refractivity contribution in [1.29, 1.82) is 0 Å². The zero-order valence-electron chi connectivity index (χ0n) is 10.4. The molecule has 2 rings (SSSR count). The molecule has 3 nitrogen and oxygen atoms in total. The maximum Gasteiger partial charge on any atom is 0.118 e. The molecule has 1 saturated heterocycles. The predicted molar refractivity (Wildman–Crippen MR) is 68.1 cm³/mol. The van der Waals surface area contributed by atoms with Crippen molar-refractivity contribution in [3.8, 4) is 5.75 Å². The molecule has 94 valence electrons. The van der Waals surface area contributed by atoms with Crippen LogP contribution >= 0.6 is 0 Å². The number of aliphatic hydroxyl groups is 1. The molecule has 0 amide bonds. The Morgan fingerprint density at radius 3 is 2.76 bits per heavy atom. The van der Waals surface area contributed by atoms with Crippen molar-refractivity contribution in [3.63, 3.8) is 0 Å². The van der Waals surface area contributed by atoms with Gasteiger partial charge in [-0.05, 0) is 43.0 Å². The van der Waals surface area contributed by atoms with Crippen molar-refractivity contribution in [2.45, 2.75) is 19.4 Å². The quantitative estimate of drug-likeness (QED) is 0.865. The van der Waals surface area contributed by atoms with E-state index in [1.165, 1.54) is 12.0 Å². The lowest BCUT2D eigenvalue weighted by Gasteiger charge is -2.31. The number of methoxy groups -OCH3 is 1. The Morgan fingerprint density at radius 1 is 1.35 bits per heavy atom. The zero-order chi connectivity index (χ0) is 12.1. The molecule has 0 bridgehead atoms. The standard InChI is InChI=1S/C14H21NO2/c1-17-14-6-4-12(5-7-14)9-15-8-2-3-13(10-15)11-16/h4-7,13,16H,2-3,8-11H2,1H3. The molecule has 1 aliphatic heterocycles. The molecular weight excluding hydrogens is 214 g/mol. The minimum Gasteiger partial charge on any atom is -0.497 e. The van der Waals surface area contributed by atoms with E-state index in [2.05, 4.69) is 17.0 Å². The van der Waals surface area contributed by atoms with Gasteiger partial charge in [-0.3, -0.25) is 4.90 Å². The van der Waals surface area contributed by atoms with Crippen LogP contribution in [0.1, 0.15) is 18.4 Å². The second-order valence-corrected chi connectivity index (χ2v) is 4.77. The Labute approximate surface area is 103 Å². The van der Waals surface area contributed by atoms with E-state index in [-0.39, 0.29) is 0 Å². The molecule has 1 heterocycles. The highest BCUT2D eigenvalue weighted by atomic mass is 16.5. The van der Waals surface area contributed by atoms with Crippen LogP contribution in [0.2, 0.25) is 0 Å². The number of hydrogen-bond donors (Lipinski definition) is 1. The fourth-order valence-electron chi connectivity index (χ4n) is 2.43. The summed E-state index contributed by atoms with van der Waals surface area (Å²) in [6, 6.07) is 8.23. The van der Waals surface area contributed by atoms with Crippen molar-refractivity contribution < 1.29 is 9.84 Å². The summed E-state index contributed by atoms with van der Waals surface area (Å²) in [5, 5.41) is 9.20. The fourth-order valence-corrected chi connectivity index (χ4v) is 2.43. The molecule has 0 aromatic heterocycles. The smallest absolute Gasteiger partial charge is 0.118 e. The lowest BCUT2D eigenvalue weighted by atomic mass is 9.98. The SMILES string of the molecule is COc1ccc(CN2CCCC(CO)C2)cc1. The van der Waals surface area contributed by atoms with Gasteiger partial charge in [0.25, 0.3) is 0 Å². The van der Waals surface area contributed by atoms with Crippen LogP contribution in [-0.2, 0) is 6.54 Å². The maximum atomic E-state index is 9.20. The van der Waals surface area contributed by atoms with E-state index >= 15 is 0 Å². The molecule has 3 heteroatoms. The molecule has 0 spiro atoms. The second-order valence-electron chi connectivity index (χ2n) is 4.77. The normalized spacial score (nSPS) is 21.4. The third-order valence-corrected chi connectivity index (χ3v) is 3.43. The van der Waals surface area contributed by atoms with E-state index in [0.717, 1.165) is 31.8 Å². The van der Waals surface area contributed by atoms with Crippen molar-refractivity contribution in [2.24, 2.45) is 5.92 Å². The number of nitrogens with zero attached hydrogens (tertiary/aromatic N) is 1. The Kier molecular flexibility index (Phi) is 4.40. The Morgan fingerprint density at radius 2 is 2.12 bits per heavy atom. The summed E-state index contributed by atoms with van der Waals surface area (Å²) in [5.41, 5.74) is 1.31. The maximum absolute atomic E-state index is 9.20. The van der Waals surface area contributed by atoms with Gasteiger partial charge in [0, 0.05) is 19.7 Å². The molecule has 0 saturated carbocycles. The van der Waals surface area contributed by atoms with Crippen LogP contribution in [0.4, 0.5) is 0 Å². The highest BCUT2D eigenvalue weighted by Gasteiger charge is 2.18. The number of ether oxygens (including phenoxy) is 1. The highest BCUT2D eigenvalue weighted by Crippen LogP contribution is 2.19. The Balaban J connectivity index is 1.90. The summed E-state index contributed by atoms with van der Waals surface area (Å²) >= 11 is 0. The van der Waals surface area contributed by atoms with Gasteiger partial charge in [-0.15, -0.1) is 0 Å². The molecule has 1 atom stereocenters. The summed E-state index contributed by atoms with van der Waals surface area (Å²) in [4.78, 5) is 2.42. The second kappa shape index (κ2) is 6.03. The Hall–Kier alpha value is -1.06. The van der Waals surface area contributed by atoms with Crippen LogP contribution in [0.25, 0.3) is 0 Å². The molecule has 0 radical (unpaired) electrons. The van der Waals surface area contributed by atoms with E-state index in [0.29, 0.717) is 12.5 Å². The van der Waals surface area contributed by atoms with Crippen LogP contribution in [0.3, 0.4) is 0 Å². The van der Waals surface area contributed by atoms with Crippen molar-refractivity contribution in [3.05, 3.63) is 29.8 Å². The molecule has 1 aromatic carbocycles. The summed E-state index contributed by atoms with van der Waals surface area (Å²) in [7, 11) is 1.69. The van der Waals surface area contributed by atoms with Crippen LogP contribution in [0.5, 0.6) is 5.75 Å². The molecule has 17 heavy (non-hydrogen) atoms. The van der Waals surface area contributed by atoms with Gasteiger partial charge in [-0.2, -0.15) is 0 Å². The number of aliphatic hydroxyl groups excluding tert-OH is 1. The zero-order valence-corrected chi connectivity index (χ0v) is 10.4. The van der Waals surface area contributed by atoms with E-state index in [1.54, 1.807) is 7.11 Å². The molecule has 1 aromatic rings. The third-order valence-electron chi connectivity index (χ3n) is 3.43. The largest absolute Gasteiger partial charge is 0.497 e. The van der Waals surface area contributed by atoms with Crippen molar-refractivity contribution in [1.82, 2.24) is 4.90 Å². The van der Waals surface area contributed by atoms with Crippen molar-refractivity contribution >= 4 is 0 Å². The summed E-state index contributed by atoms with van der Waals surface area (Å²) in [5.74, 6) is 1.36. The minimum absolute atomic E-state index is 0.319. The van der Waals surface area contributed by atoms with E-state index in [1.807, 2.05) is 12.1 Å². The molecule has 1 N–H and O–H groups in total. The van der Waals surface area contributed by atoms with Gasteiger partial charge in [-0.25, -0.2) is 0 Å². The number of piperidine rings is 1. The first kappa shape index (κ1) is 12.4. The minimum atomic E-state index is 0.319. The Bertz CT molecular complexity index is 337. The van der Waals surface area contributed by atoms with E-state index in [4.69, 9.17) is 4.74 Å². The first-order valence-electron chi connectivity index (χ1n) is 6.28. The van der Waals surface area contributed by atoms with E-state index in [9.17, 15) is 5.11 Å². The van der Waals surface area contributed by atoms with Gasteiger partial charge in [-0.1, -0.05) is 12.1 Å². The number of hydrogen-bond acceptors (Lipinski definition) is 3. The molecule has 1 aliphatic rings. The molecule has 1 unspecified atom stereocenters. The van der Waals surface area contributed by atoms with Gasteiger partial charge in [0.05, 0.1) is 7.11 Å². The number of likely N-dealkylation sites (tertiary alicyclic amines) is 1. The number of rotatable bonds is 4. The van der Waals surface area contributed by atoms with Gasteiger partial charge in [0.15, 0.2) is 0 Å². The number of benzene rings is 1. The lowest BCUT2D eigenvalue weighted by molar-refractivity contribution is 0.116. The van der Waals surface area contributed by atoms with Crippen LogP contribution in [0.15, 0.2) is 24.3 Å². The third kappa shape index (κ3) is 3.45. The fraction of sp³-hybridized carbons (Fsp3) is 0.571. The molecule has 0 aliphatic carbocycles. The van der Waals surface area contributed by atoms with Gasteiger partial charge in [0.2, 0.25) is 0 Å². The monoisotopic (exact) mass is 235 g/mol. The first-order chi connectivity index (χ1) is 8.31. The summed E-state index contributed by atoms with van der Waals surface area (Å²) < 4.78 is 5.15. The van der Waals surface area contributed by atoms with Crippen molar-refractivity contribution in [2.75, 3.05) is 26.8 Å². The van der Waals surface area contributed by atoms with Gasteiger partial charge >= 0.3 is 0 Å². The van der Waals surface area contributed by atoms with Gasteiger partial charge in [0.1, 0.15) is 5.75 Å². The predicted octanol–water partition coefficient (Wildman–Crippen LogP) is 1.90. The average molecular weight is 235 g/mol. The van der Waals surface area contributed by atoms with Crippen LogP contribution in [0, 0.1) is 5.92 Å². The summed E-state index contributed by atoms with van der Waals surface area (Å²) in [6.07, 6.45) is 2.36. The van der Waals surface area contributed by atoms with E-state index < -0.39 is 0 Å². The van der Waals surface area contributed by atoms with Crippen LogP contribution < -0.4 is 4.74 Å². The van der Waals surface area contributed by atoms with Crippen LogP contribution in [-0.4, -0.2) is 36.8 Å².